The molecule has 0 unspecified atom stereocenters. The van der Waals surface area contributed by atoms with Gasteiger partial charge in [-0.25, -0.2) is 14.2 Å². The van der Waals surface area contributed by atoms with Crippen molar-refractivity contribution in [3.63, 3.8) is 0 Å². The van der Waals surface area contributed by atoms with Crippen LogP contribution in [0.1, 0.15) is 15.9 Å². The van der Waals surface area contributed by atoms with Crippen molar-refractivity contribution in [1.82, 2.24) is 4.98 Å². The second-order valence-electron chi connectivity index (χ2n) is 4.17. The summed E-state index contributed by atoms with van der Waals surface area (Å²) in [7, 11) is 0. The molecule has 4 nitrogen and oxygen atoms in total. The summed E-state index contributed by atoms with van der Waals surface area (Å²) in [6, 6.07) is 7.66. The van der Waals surface area contributed by atoms with Gasteiger partial charge in [0.05, 0.1) is 10.6 Å². The average molecular weight is 295 g/mol. The standard InChI is InChI=1S/C14H12ClFN2O2/c15-12-7-10(14(19)20)8-18-13(12)17-5-4-9-2-1-3-11(16)6-9/h1-3,6-8H,4-5H2,(H,17,18)(H,19,20). The Morgan fingerprint density at radius 2 is 2.20 bits per heavy atom. The molecule has 2 rings (SSSR count). The lowest BCUT2D eigenvalue weighted by atomic mass is 10.1. The summed E-state index contributed by atoms with van der Waals surface area (Å²) in [5.41, 5.74) is 0.890. The molecule has 0 spiro atoms. The molecule has 20 heavy (non-hydrogen) atoms. The van der Waals surface area contributed by atoms with E-state index in [0.717, 1.165) is 5.56 Å². The third-order valence-electron chi connectivity index (χ3n) is 2.68. The van der Waals surface area contributed by atoms with E-state index in [4.69, 9.17) is 16.7 Å². The van der Waals surface area contributed by atoms with E-state index in [2.05, 4.69) is 10.3 Å². The third kappa shape index (κ3) is 3.68. The Morgan fingerprint density at radius 1 is 1.40 bits per heavy atom. The number of nitrogens with zero attached hydrogens (tertiary/aromatic N) is 1. The van der Waals surface area contributed by atoms with Gasteiger partial charge in [-0.05, 0) is 30.2 Å². The molecule has 2 N–H and O–H groups in total. The Kier molecular flexibility index (Phi) is 4.53. The summed E-state index contributed by atoms with van der Waals surface area (Å²) in [6.07, 6.45) is 1.84. The van der Waals surface area contributed by atoms with Crippen LogP contribution in [0, 0.1) is 5.82 Å². The fourth-order valence-electron chi connectivity index (χ4n) is 1.70. The molecule has 1 aromatic carbocycles. The summed E-state index contributed by atoms with van der Waals surface area (Å²) in [4.78, 5) is 14.7. The fourth-order valence-corrected chi connectivity index (χ4v) is 1.94. The van der Waals surface area contributed by atoms with Gasteiger partial charge in [-0.2, -0.15) is 0 Å². The first-order chi connectivity index (χ1) is 9.56. The fraction of sp³-hybridized carbons (Fsp3) is 0.143. The number of hydrogen-bond donors (Lipinski definition) is 2. The number of anilines is 1. The zero-order valence-electron chi connectivity index (χ0n) is 10.4. The van der Waals surface area contributed by atoms with Gasteiger partial charge in [0, 0.05) is 12.7 Å². The van der Waals surface area contributed by atoms with Gasteiger partial charge in [0.2, 0.25) is 0 Å². The number of carboxylic acid groups (broad SMARTS) is 1. The minimum absolute atomic E-state index is 0.0330. The molecule has 0 saturated carbocycles. The molecule has 0 radical (unpaired) electrons. The number of rotatable bonds is 5. The Hall–Kier alpha value is -2.14. The van der Waals surface area contributed by atoms with Gasteiger partial charge in [0.1, 0.15) is 11.6 Å². The number of nitrogens with one attached hydrogen (secondary N) is 1. The van der Waals surface area contributed by atoms with Crippen LogP contribution in [0.2, 0.25) is 5.02 Å². The van der Waals surface area contributed by atoms with E-state index in [1.807, 2.05) is 6.07 Å². The van der Waals surface area contributed by atoms with E-state index in [1.165, 1.54) is 24.4 Å². The summed E-state index contributed by atoms with van der Waals surface area (Å²) < 4.78 is 13.0. The Morgan fingerprint density at radius 3 is 2.85 bits per heavy atom. The normalized spacial score (nSPS) is 10.3. The maximum atomic E-state index is 13.0. The smallest absolute Gasteiger partial charge is 0.337 e. The largest absolute Gasteiger partial charge is 0.478 e. The van der Waals surface area contributed by atoms with Crippen molar-refractivity contribution < 1.29 is 14.3 Å². The average Bonchev–Trinajstić information content (AvgIpc) is 2.40. The summed E-state index contributed by atoms with van der Waals surface area (Å²) in [5, 5.41) is 12.0. The van der Waals surface area contributed by atoms with Gasteiger partial charge in [-0.15, -0.1) is 0 Å². The van der Waals surface area contributed by atoms with E-state index in [9.17, 15) is 9.18 Å². The lowest BCUT2D eigenvalue weighted by molar-refractivity contribution is 0.0696. The summed E-state index contributed by atoms with van der Waals surface area (Å²) in [5.74, 6) is -0.941. The number of aromatic carboxylic acids is 1. The highest BCUT2D eigenvalue weighted by Gasteiger charge is 2.08. The van der Waals surface area contributed by atoms with Crippen molar-refractivity contribution in [1.29, 1.82) is 0 Å². The Balaban J connectivity index is 1.96. The van der Waals surface area contributed by atoms with Crippen LogP contribution >= 0.6 is 11.6 Å². The molecule has 6 heteroatoms. The molecule has 0 fully saturated rings. The number of pyridine rings is 1. The first-order valence-corrected chi connectivity index (χ1v) is 6.31. The second-order valence-corrected chi connectivity index (χ2v) is 4.57. The lowest BCUT2D eigenvalue weighted by Gasteiger charge is -2.08. The monoisotopic (exact) mass is 294 g/mol. The highest BCUT2D eigenvalue weighted by molar-refractivity contribution is 6.33. The van der Waals surface area contributed by atoms with Crippen LogP contribution in [0.4, 0.5) is 10.2 Å². The van der Waals surface area contributed by atoms with Gasteiger partial charge in [-0.1, -0.05) is 23.7 Å². The zero-order valence-corrected chi connectivity index (χ0v) is 11.2. The number of hydrogen-bond acceptors (Lipinski definition) is 3. The predicted octanol–water partition coefficient (Wildman–Crippen LogP) is 3.23. The van der Waals surface area contributed by atoms with Crippen LogP contribution in [-0.4, -0.2) is 22.6 Å². The molecule has 1 heterocycles. The van der Waals surface area contributed by atoms with E-state index >= 15 is 0 Å². The summed E-state index contributed by atoms with van der Waals surface area (Å²) >= 11 is 5.93. The third-order valence-corrected chi connectivity index (χ3v) is 2.97. The molecule has 0 amide bonds. The van der Waals surface area contributed by atoms with Gasteiger partial charge in [0.25, 0.3) is 0 Å². The minimum atomic E-state index is -1.08. The highest BCUT2D eigenvalue weighted by Crippen LogP contribution is 2.20. The van der Waals surface area contributed by atoms with Crippen molar-refractivity contribution in [3.05, 3.63) is 58.5 Å². The molecule has 1 aromatic heterocycles. The maximum Gasteiger partial charge on any atom is 0.337 e. The van der Waals surface area contributed by atoms with Crippen LogP contribution in [0.3, 0.4) is 0 Å². The van der Waals surface area contributed by atoms with Crippen LogP contribution in [0.5, 0.6) is 0 Å². The van der Waals surface area contributed by atoms with Crippen LogP contribution in [-0.2, 0) is 6.42 Å². The first-order valence-electron chi connectivity index (χ1n) is 5.93. The van der Waals surface area contributed by atoms with Gasteiger partial charge < -0.3 is 10.4 Å². The van der Waals surface area contributed by atoms with Gasteiger partial charge in [0.15, 0.2) is 0 Å². The maximum absolute atomic E-state index is 13.0. The van der Waals surface area contributed by atoms with Crippen molar-refractivity contribution in [2.24, 2.45) is 0 Å². The van der Waals surface area contributed by atoms with Crippen molar-refractivity contribution in [3.8, 4) is 0 Å². The number of halogens is 2. The van der Waals surface area contributed by atoms with Crippen LogP contribution in [0.25, 0.3) is 0 Å². The van der Waals surface area contributed by atoms with Crippen molar-refractivity contribution in [2.45, 2.75) is 6.42 Å². The number of benzene rings is 1. The Labute approximate surface area is 120 Å². The van der Waals surface area contributed by atoms with Crippen LogP contribution in [0.15, 0.2) is 36.5 Å². The highest BCUT2D eigenvalue weighted by atomic mass is 35.5. The topological polar surface area (TPSA) is 62.2 Å². The molecule has 2 aromatic rings. The van der Waals surface area contributed by atoms with E-state index in [1.54, 1.807) is 6.07 Å². The lowest BCUT2D eigenvalue weighted by Crippen LogP contribution is -2.08. The minimum Gasteiger partial charge on any atom is -0.478 e. The molecule has 0 aliphatic heterocycles. The second kappa shape index (κ2) is 6.34. The SMILES string of the molecule is O=C(O)c1cnc(NCCc2cccc(F)c2)c(Cl)c1. The molecular weight excluding hydrogens is 283 g/mol. The van der Waals surface area contributed by atoms with Gasteiger partial charge in [-0.3, -0.25) is 0 Å². The van der Waals surface area contributed by atoms with E-state index in [-0.39, 0.29) is 16.4 Å². The van der Waals surface area contributed by atoms with E-state index in [0.29, 0.717) is 18.8 Å². The molecule has 104 valence electrons. The molecule has 0 saturated heterocycles. The Bertz CT molecular complexity index is 634. The zero-order chi connectivity index (χ0) is 14.5. The number of carbonyl (C=O) groups is 1. The van der Waals surface area contributed by atoms with Crippen molar-refractivity contribution in [2.75, 3.05) is 11.9 Å². The van der Waals surface area contributed by atoms with E-state index < -0.39 is 5.97 Å². The molecule has 0 bridgehead atoms. The molecule has 0 aliphatic rings. The number of aromatic nitrogens is 1. The van der Waals surface area contributed by atoms with Crippen molar-refractivity contribution >= 4 is 23.4 Å². The first kappa shape index (κ1) is 14.3. The number of carboxylic acids is 1. The predicted molar refractivity (Wildman–Crippen MR) is 74.8 cm³/mol. The molecular formula is C14H12ClFN2O2. The quantitative estimate of drug-likeness (QED) is 0.889. The summed E-state index contributed by atoms with van der Waals surface area (Å²) in [6.45, 7) is 0.516. The molecule has 0 aliphatic carbocycles. The van der Waals surface area contributed by atoms with Gasteiger partial charge >= 0.3 is 5.97 Å². The van der Waals surface area contributed by atoms with Crippen LogP contribution < -0.4 is 5.32 Å². The molecule has 0 atom stereocenters.